The SMILES string of the molecule is NC(=O)c1cnc(NCCc2coc(-c3ccc(F)cc3)n2)c(Cl)c1. The van der Waals surface area contributed by atoms with Crippen molar-refractivity contribution in [2.24, 2.45) is 5.73 Å². The molecule has 0 saturated carbocycles. The summed E-state index contributed by atoms with van der Waals surface area (Å²) in [6.45, 7) is 0.512. The number of hydrogen-bond donors (Lipinski definition) is 2. The van der Waals surface area contributed by atoms with Gasteiger partial charge in [-0.05, 0) is 30.3 Å². The van der Waals surface area contributed by atoms with Gasteiger partial charge < -0.3 is 15.5 Å². The highest BCUT2D eigenvalue weighted by atomic mass is 35.5. The predicted octanol–water partition coefficient (Wildman–Crippen LogP) is 3.28. The molecule has 1 amide bonds. The molecule has 0 aliphatic rings. The van der Waals surface area contributed by atoms with Gasteiger partial charge in [-0.1, -0.05) is 11.6 Å². The van der Waals surface area contributed by atoms with Crippen LogP contribution >= 0.6 is 11.6 Å². The molecule has 0 radical (unpaired) electrons. The molecular formula is C17H14ClFN4O2. The van der Waals surface area contributed by atoms with Gasteiger partial charge >= 0.3 is 0 Å². The predicted molar refractivity (Wildman–Crippen MR) is 91.9 cm³/mol. The number of carbonyl (C=O) groups excluding carboxylic acids is 1. The van der Waals surface area contributed by atoms with E-state index in [2.05, 4.69) is 15.3 Å². The fourth-order valence-electron chi connectivity index (χ4n) is 2.16. The van der Waals surface area contributed by atoms with Gasteiger partial charge in [0, 0.05) is 24.7 Å². The minimum Gasteiger partial charge on any atom is -0.444 e. The molecule has 3 aromatic rings. The second-order valence-corrected chi connectivity index (χ2v) is 5.65. The third-order valence-electron chi connectivity index (χ3n) is 3.44. The molecule has 1 aromatic carbocycles. The second-order valence-electron chi connectivity index (χ2n) is 5.25. The lowest BCUT2D eigenvalue weighted by molar-refractivity contribution is 0.1000. The van der Waals surface area contributed by atoms with E-state index in [1.165, 1.54) is 24.4 Å². The van der Waals surface area contributed by atoms with Crippen LogP contribution in [-0.4, -0.2) is 22.4 Å². The first kappa shape index (κ1) is 16.9. The zero-order chi connectivity index (χ0) is 17.8. The van der Waals surface area contributed by atoms with E-state index >= 15 is 0 Å². The van der Waals surface area contributed by atoms with Crippen molar-refractivity contribution in [1.82, 2.24) is 9.97 Å². The Morgan fingerprint density at radius 2 is 2.08 bits per heavy atom. The van der Waals surface area contributed by atoms with Crippen LogP contribution in [0.15, 0.2) is 47.2 Å². The van der Waals surface area contributed by atoms with Gasteiger partial charge in [-0.2, -0.15) is 0 Å². The largest absolute Gasteiger partial charge is 0.444 e. The number of benzene rings is 1. The van der Waals surface area contributed by atoms with Crippen molar-refractivity contribution in [2.75, 3.05) is 11.9 Å². The molecule has 8 heteroatoms. The fourth-order valence-corrected chi connectivity index (χ4v) is 2.39. The molecule has 0 saturated heterocycles. The molecule has 0 unspecified atom stereocenters. The van der Waals surface area contributed by atoms with Crippen molar-refractivity contribution < 1.29 is 13.6 Å². The summed E-state index contributed by atoms with van der Waals surface area (Å²) in [5.74, 6) is -0.0192. The number of oxazole rings is 1. The third-order valence-corrected chi connectivity index (χ3v) is 3.73. The van der Waals surface area contributed by atoms with Crippen LogP contribution in [0.2, 0.25) is 5.02 Å². The van der Waals surface area contributed by atoms with Crippen molar-refractivity contribution in [1.29, 1.82) is 0 Å². The summed E-state index contributed by atoms with van der Waals surface area (Å²) in [6.07, 6.45) is 3.48. The van der Waals surface area contributed by atoms with E-state index in [-0.39, 0.29) is 11.4 Å². The maximum atomic E-state index is 12.9. The number of carbonyl (C=O) groups is 1. The Hall–Kier alpha value is -2.93. The van der Waals surface area contributed by atoms with Crippen LogP contribution in [0.3, 0.4) is 0 Å². The van der Waals surface area contributed by atoms with Crippen molar-refractivity contribution in [3.05, 3.63) is 64.9 Å². The summed E-state index contributed by atoms with van der Waals surface area (Å²) < 4.78 is 18.3. The van der Waals surface area contributed by atoms with Crippen LogP contribution < -0.4 is 11.1 Å². The maximum absolute atomic E-state index is 12.9. The minimum absolute atomic E-state index is 0.246. The first-order valence-electron chi connectivity index (χ1n) is 7.42. The van der Waals surface area contributed by atoms with Gasteiger partial charge in [-0.15, -0.1) is 0 Å². The zero-order valence-corrected chi connectivity index (χ0v) is 13.8. The highest BCUT2D eigenvalue weighted by molar-refractivity contribution is 6.33. The third kappa shape index (κ3) is 4.13. The molecule has 0 fully saturated rings. The number of rotatable bonds is 6. The van der Waals surface area contributed by atoms with E-state index in [4.69, 9.17) is 21.8 Å². The number of anilines is 1. The number of nitrogens with one attached hydrogen (secondary N) is 1. The highest BCUT2D eigenvalue weighted by Gasteiger charge is 2.09. The lowest BCUT2D eigenvalue weighted by Crippen LogP contribution is -2.12. The van der Waals surface area contributed by atoms with Crippen LogP contribution in [0.1, 0.15) is 16.1 Å². The number of pyridine rings is 1. The monoisotopic (exact) mass is 360 g/mol. The van der Waals surface area contributed by atoms with Crippen molar-refractivity contribution >= 4 is 23.3 Å². The van der Waals surface area contributed by atoms with Gasteiger partial charge in [0.05, 0.1) is 16.3 Å². The molecule has 0 aliphatic carbocycles. The quantitative estimate of drug-likeness (QED) is 0.703. The number of halogens is 2. The fraction of sp³-hybridized carbons (Fsp3) is 0.118. The molecule has 0 spiro atoms. The number of aromatic nitrogens is 2. The molecule has 0 atom stereocenters. The summed E-state index contributed by atoms with van der Waals surface area (Å²) in [5, 5.41) is 3.37. The molecule has 3 N–H and O–H groups in total. The lowest BCUT2D eigenvalue weighted by atomic mass is 10.2. The Labute approximate surface area is 147 Å². The van der Waals surface area contributed by atoms with Crippen LogP contribution in [-0.2, 0) is 6.42 Å². The summed E-state index contributed by atoms with van der Waals surface area (Å²) in [7, 11) is 0. The summed E-state index contributed by atoms with van der Waals surface area (Å²) in [5.41, 5.74) is 6.85. The highest BCUT2D eigenvalue weighted by Crippen LogP contribution is 2.21. The molecule has 0 bridgehead atoms. The number of primary amides is 1. The van der Waals surface area contributed by atoms with E-state index in [1.54, 1.807) is 18.4 Å². The Morgan fingerprint density at radius 3 is 2.76 bits per heavy atom. The van der Waals surface area contributed by atoms with E-state index < -0.39 is 5.91 Å². The van der Waals surface area contributed by atoms with Crippen LogP contribution in [0.4, 0.5) is 10.2 Å². The van der Waals surface area contributed by atoms with Crippen molar-refractivity contribution in [2.45, 2.75) is 6.42 Å². The Balaban J connectivity index is 1.59. The summed E-state index contributed by atoms with van der Waals surface area (Å²) >= 11 is 6.05. The van der Waals surface area contributed by atoms with Crippen LogP contribution in [0, 0.1) is 5.82 Å². The molecule has 2 heterocycles. The van der Waals surface area contributed by atoms with Gasteiger partial charge in [-0.25, -0.2) is 14.4 Å². The summed E-state index contributed by atoms with van der Waals surface area (Å²) in [4.78, 5) is 19.5. The molecule has 6 nitrogen and oxygen atoms in total. The number of hydrogen-bond acceptors (Lipinski definition) is 5. The number of nitrogens with two attached hydrogens (primary N) is 1. The van der Waals surface area contributed by atoms with E-state index in [1.807, 2.05) is 0 Å². The van der Waals surface area contributed by atoms with Gasteiger partial charge in [0.2, 0.25) is 11.8 Å². The average molecular weight is 361 g/mol. The Kier molecular flexibility index (Phi) is 4.95. The average Bonchev–Trinajstić information content (AvgIpc) is 3.05. The Bertz CT molecular complexity index is 896. The summed E-state index contributed by atoms with van der Waals surface area (Å²) in [6, 6.07) is 7.37. The smallest absolute Gasteiger partial charge is 0.250 e. The molecule has 128 valence electrons. The minimum atomic E-state index is -0.586. The van der Waals surface area contributed by atoms with E-state index in [0.29, 0.717) is 35.3 Å². The molecule has 0 aliphatic heterocycles. The first-order valence-corrected chi connectivity index (χ1v) is 7.80. The first-order chi connectivity index (χ1) is 12.0. The van der Waals surface area contributed by atoms with Crippen molar-refractivity contribution in [3.63, 3.8) is 0 Å². The van der Waals surface area contributed by atoms with Gasteiger partial charge in [0.25, 0.3) is 0 Å². The van der Waals surface area contributed by atoms with Gasteiger partial charge in [0.15, 0.2) is 0 Å². The Morgan fingerprint density at radius 1 is 1.32 bits per heavy atom. The zero-order valence-electron chi connectivity index (χ0n) is 13.0. The topological polar surface area (TPSA) is 94.0 Å². The van der Waals surface area contributed by atoms with Crippen molar-refractivity contribution in [3.8, 4) is 11.5 Å². The molecule has 2 aromatic heterocycles. The van der Waals surface area contributed by atoms with E-state index in [0.717, 1.165) is 5.69 Å². The lowest BCUT2D eigenvalue weighted by Gasteiger charge is -2.06. The maximum Gasteiger partial charge on any atom is 0.250 e. The normalized spacial score (nSPS) is 10.6. The number of nitrogens with zero attached hydrogens (tertiary/aromatic N) is 2. The molecular weight excluding hydrogens is 347 g/mol. The molecule has 3 rings (SSSR count). The van der Waals surface area contributed by atoms with Gasteiger partial charge in [-0.3, -0.25) is 4.79 Å². The standard InChI is InChI=1S/C17H14ClFN4O2/c18-14-7-11(15(20)24)8-22-16(14)21-6-5-13-9-25-17(23-13)10-1-3-12(19)4-2-10/h1-4,7-9H,5-6H2,(H2,20,24)(H,21,22). The van der Waals surface area contributed by atoms with Gasteiger partial charge in [0.1, 0.15) is 17.9 Å². The van der Waals surface area contributed by atoms with Crippen LogP contribution in [0.25, 0.3) is 11.5 Å². The second kappa shape index (κ2) is 7.31. The van der Waals surface area contributed by atoms with E-state index in [9.17, 15) is 9.18 Å². The van der Waals surface area contributed by atoms with Crippen LogP contribution in [0.5, 0.6) is 0 Å². The molecule has 25 heavy (non-hydrogen) atoms. The number of amides is 1.